The summed E-state index contributed by atoms with van der Waals surface area (Å²) in [6.07, 6.45) is 0. The largest absolute Gasteiger partial charge is 0.483 e. The van der Waals surface area contributed by atoms with E-state index in [-0.39, 0.29) is 22.5 Å². The molecule has 0 heterocycles. The van der Waals surface area contributed by atoms with E-state index in [9.17, 15) is 18.0 Å². The van der Waals surface area contributed by atoms with Gasteiger partial charge in [-0.15, -0.1) is 0 Å². The third-order valence-electron chi connectivity index (χ3n) is 4.81. The second kappa shape index (κ2) is 10.6. The molecule has 2 amide bonds. The predicted molar refractivity (Wildman–Crippen MR) is 123 cm³/mol. The zero-order valence-corrected chi connectivity index (χ0v) is 20.0. The van der Waals surface area contributed by atoms with Gasteiger partial charge in [0.1, 0.15) is 5.75 Å². The number of para-hydroxylation sites is 1. The number of hydrogen-bond acceptors (Lipinski definition) is 5. The zero-order valence-electron chi connectivity index (χ0n) is 19.1. The van der Waals surface area contributed by atoms with Gasteiger partial charge in [0.2, 0.25) is 10.0 Å². The quantitative estimate of drug-likeness (QED) is 0.588. The molecule has 2 aromatic carbocycles. The number of rotatable bonds is 8. The fourth-order valence-corrected chi connectivity index (χ4v) is 4.60. The highest BCUT2D eigenvalue weighted by molar-refractivity contribution is 7.89. The van der Waals surface area contributed by atoms with E-state index < -0.39 is 21.8 Å². The summed E-state index contributed by atoms with van der Waals surface area (Å²) in [5, 5.41) is 0. The number of hydrogen-bond donors (Lipinski definition) is 2. The Balaban J connectivity index is 2.00. The fraction of sp³-hybridized carbons (Fsp3) is 0.391. The maximum atomic E-state index is 12.7. The molecule has 2 aromatic rings. The lowest BCUT2D eigenvalue weighted by atomic mass is 9.86. The van der Waals surface area contributed by atoms with E-state index in [0.717, 1.165) is 5.56 Å². The molecule has 0 aliphatic carbocycles. The SMILES string of the molecule is CCN(CC)S(=O)(=O)c1cccc(C(=O)NNC(=O)COc2ccccc2C(C)(C)C)c1. The molecular formula is C23H31N3O5S. The normalized spacial score (nSPS) is 11.8. The molecule has 0 atom stereocenters. The lowest BCUT2D eigenvalue weighted by Gasteiger charge is -2.22. The maximum Gasteiger partial charge on any atom is 0.276 e. The second-order valence-electron chi connectivity index (χ2n) is 8.15. The minimum atomic E-state index is -3.70. The van der Waals surface area contributed by atoms with Gasteiger partial charge >= 0.3 is 0 Å². The van der Waals surface area contributed by atoms with Crippen molar-refractivity contribution >= 4 is 21.8 Å². The number of nitrogens with zero attached hydrogens (tertiary/aromatic N) is 1. The minimum absolute atomic E-state index is 0.0160. The fourth-order valence-electron chi connectivity index (χ4n) is 3.10. The van der Waals surface area contributed by atoms with E-state index in [2.05, 4.69) is 10.9 Å². The van der Waals surface area contributed by atoms with Gasteiger partial charge in [-0.05, 0) is 35.2 Å². The molecule has 174 valence electrons. The standard InChI is InChI=1S/C23H31N3O5S/c1-6-26(7-2)32(29,30)18-12-10-11-17(15-18)22(28)25-24-21(27)16-31-20-14-9-8-13-19(20)23(3,4)5/h8-15H,6-7,16H2,1-5H3,(H,24,27)(H,25,28). The van der Waals surface area contributed by atoms with Crippen LogP contribution >= 0.6 is 0 Å². The molecular weight excluding hydrogens is 430 g/mol. The number of sulfonamides is 1. The van der Waals surface area contributed by atoms with Crippen LogP contribution in [0.4, 0.5) is 0 Å². The highest BCUT2D eigenvalue weighted by atomic mass is 32.2. The number of amides is 2. The smallest absolute Gasteiger partial charge is 0.276 e. The Hall–Kier alpha value is -2.91. The van der Waals surface area contributed by atoms with Crippen molar-refractivity contribution in [3.63, 3.8) is 0 Å². The van der Waals surface area contributed by atoms with Crippen LogP contribution in [-0.4, -0.2) is 44.2 Å². The Morgan fingerprint density at radius 3 is 2.25 bits per heavy atom. The average Bonchev–Trinajstić information content (AvgIpc) is 2.76. The van der Waals surface area contributed by atoms with Gasteiger partial charge < -0.3 is 4.74 Å². The number of carbonyl (C=O) groups excluding carboxylic acids is 2. The summed E-state index contributed by atoms with van der Waals surface area (Å²) in [5.41, 5.74) is 5.49. The van der Waals surface area contributed by atoms with Crippen LogP contribution in [0.25, 0.3) is 0 Å². The van der Waals surface area contributed by atoms with Gasteiger partial charge in [0, 0.05) is 18.7 Å². The van der Waals surface area contributed by atoms with Crippen molar-refractivity contribution < 1.29 is 22.7 Å². The van der Waals surface area contributed by atoms with Gasteiger partial charge in [-0.25, -0.2) is 8.42 Å². The molecule has 0 saturated carbocycles. The number of ether oxygens (including phenoxy) is 1. The maximum absolute atomic E-state index is 12.7. The molecule has 0 radical (unpaired) electrons. The summed E-state index contributed by atoms with van der Waals surface area (Å²) in [5.74, 6) is -0.588. The Kier molecular flexibility index (Phi) is 8.40. The van der Waals surface area contributed by atoms with Crippen molar-refractivity contribution in [3.05, 3.63) is 59.7 Å². The van der Waals surface area contributed by atoms with Gasteiger partial charge in [-0.1, -0.05) is 58.9 Å². The minimum Gasteiger partial charge on any atom is -0.483 e. The molecule has 0 unspecified atom stereocenters. The topological polar surface area (TPSA) is 105 Å². The van der Waals surface area contributed by atoms with E-state index in [1.807, 2.05) is 39.0 Å². The van der Waals surface area contributed by atoms with Crippen LogP contribution in [0.3, 0.4) is 0 Å². The lowest BCUT2D eigenvalue weighted by Crippen LogP contribution is -2.44. The van der Waals surface area contributed by atoms with Gasteiger partial charge in [-0.2, -0.15) is 4.31 Å². The molecule has 0 aliphatic heterocycles. The molecule has 2 rings (SSSR count). The van der Waals surface area contributed by atoms with Crippen molar-refractivity contribution in [1.82, 2.24) is 15.2 Å². The van der Waals surface area contributed by atoms with Crippen LogP contribution in [0, 0.1) is 0 Å². The second-order valence-corrected chi connectivity index (χ2v) is 10.1. The third kappa shape index (κ3) is 6.30. The third-order valence-corrected chi connectivity index (χ3v) is 6.85. The van der Waals surface area contributed by atoms with Crippen molar-refractivity contribution in [2.24, 2.45) is 0 Å². The Morgan fingerprint density at radius 1 is 0.969 bits per heavy atom. The summed E-state index contributed by atoms with van der Waals surface area (Å²) in [6.45, 7) is 9.99. The summed E-state index contributed by atoms with van der Waals surface area (Å²) in [7, 11) is -3.70. The molecule has 9 heteroatoms. The molecule has 0 bridgehead atoms. The van der Waals surface area contributed by atoms with Gasteiger partial charge in [0.05, 0.1) is 4.90 Å². The lowest BCUT2D eigenvalue weighted by molar-refractivity contribution is -0.123. The Morgan fingerprint density at radius 2 is 1.62 bits per heavy atom. The van der Waals surface area contributed by atoms with Crippen LogP contribution in [0.5, 0.6) is 5.75 Å². The average molecular weight is 462 g/mol. The first-order valence-electron chi connectivity index (χ1n) is 10.4. The van der Waals surface area contributed by atoms with E-state index in [0.29, 0.717) is 18.8 Å². The molecule has 0 aromatic heterocycles. The first-order valence-corrected chi connectivity index (χ1v) is 11.9. The van der Waals surface area contributed by atoms with Gasteiger partial charge in [-0.3, -0.25) is 20.4 Å². The van der Waals surface area contributed by atoms with E-state index in [1.54, 1.807) is 19.9 Å². The molecule has 0 spiro atoms. The van der Waals surface area contributed by atoms with Crippen LogP contribution in [0.15, 0.2) is 53.4 Å². The molecule has 2 N–H and O–H groups in total. The first-order chi connectivity index (χ1) is 15.0. The number of benzene rings is 2. The number of carbonyl (C=O) groups is 2. The van der Waals surface area contributed by atoms with E-state index in [4.69, 9.17) is 4.74 Å². The van der Waals surface area contributed by atoms with Crippen molar-refractivity contribution in [2.75, 3.05) is 19.7 Å². The van der Waals surface area contributed by atoms with Crippen LogP contribution < -0.4 is 15.6 Å². The van der Waals surface area contributed by atoms with Crippen molar-refractivity contribution in [1.29, 1.82) is 0 Å². The zero-order chi connectivity index (χ0) is 23.9. The highest BCUT2D eigenvalue weighted by Crippen LogP contribution is 2.30. The summed E-state index contributed by atoms with van der Waals surface area (Å²) in [6, 6.07) is 13.1. The predicted octanol–water partition coefficient (Wildman–Crippen LogP) is 2.85. The monoisotopic (exact) mass is 461 g/mol. The molecule has 0 aliphatic rings. The number of nitrogens with one attached hydrogen (secondary N) is 2. The molecule has 0 fully saturated rings. The molecule has 8 nitrogen and oxygen atoms in total. The van der Waals surface area contributed by atoms with Gasteiger partial charge in [0.15, 0.2) is 6.61 Å². The van der Waals surface area contributed by atoms with E-state index >= 15 is 0 Å². The van der Waals surface area contributed by atoms with Crippen LogP contribution in [-0.2, 0) is 20.2 Å². The summed E-state index contributed by atoms with van der Waals surface area (Å²) >= 11 is 0. The molecule has 0 saturated heterocycles. The van der Waals surface area contributed by atoms with Crippen molar-refractivity contribution in [3.8, 4) is 5.75 Å². The number of hydrazine groups is 1. The Labute approximate surface area is 190 Å². The summed E-state index contributed by atoms with van der Waals surface area (Å²) in [4.78, 5) is 24.6. The first kappa shape index (κ1) is 25.4. The highest BCUT2D eigenvalue weighted by Gasteiger charge is 2.23. The van der Waals surface area contributed by atoms with Crippen LogP contribution in [0.1, 0.15) is 50.5 Å². The Bertz CT molecular complexity index is 1060. The summed E-state index contributed by atoms with van der Waals surface area (Å²) < 4.78 is 32.3. The van der Waals surface area contributed by atoms with Crippen molar-refractivity contribution in [2.45, 2.75) is 44.9 Å². The van der Waals surface area contributed by atoms with E-state index in [1.165, 1.54) is 28.6 Å². The van der Waals surface area contributed by atoms with Gasteiger partial charge in [0.25, 0.3) is 11.8 Å². The molecule has 32 heavy (non-hydrogen) atoms. The van der Waals surface area contributed by atoms with Crippen LogP contribution in [0.2, 0.25) is 0 Å².